The fourth-order valence-electron chi connectivity index (χ4n) is 5.44. The van der Waals surface area contributed by atoms with Crippen molar-refractivity contribution in [2.24, 2.45) is 0 Å². The van der Waals surface area contributed by atoms with Crippen LogP contribution >= 0.6 is 0 Å². The minimum atomic E-state index is -0.648. The van der Waals surface area contributed by atoms with Crippen LogP contribution < -0.4 is 29.2 Å². The van der Waals surface area contributed by atoms with Gasteiger partial charge in [0, 0.05) is 37.0 Å². The van der Waals surface area contributed by atoms with Crippen molar-refractivity contribution in [3.63, 3.8) is 0 Å². The zero-order valence-corrected chi connectivity index (χ0v) is 27.3. The van der Waals surface area contributed by atoms with E-state index in [0.717, 1.165) is 41.1 Å². The molecule has 1 aromatic heterocycles. The van der Waals surface area contributed by atoms with Gasteiger partial charge in [0.1, 0.15) is 17.2 Å². The molecule has 242 valence electrons. The van der Waals surface area contributed by atoms with Gasteiger partial charge in [-0.05, 0) is 93.7 Å². The smallest absolute Gasteiger partial charge is 0.420 e. The summed E-state index contributed by atoms with van der Waals surface area (Å²) < 4.78 is 22.6. The summed E-state index contributed by atoms with van der Waals surface area (Å²) in [7, 11) is 4.70. The SMILES string of the molecule is COc1ccc(OC)c(N(C)C(=O)Oc2cc(-c3cccc(C)c3C)nc(Nc3ccc(OCCCN4CCCCC4)cc3)n2)c1. The first kappa shape index (κ1) is 32.6. The second-order valence-corrected chi connectivity index (χ2v) is 11.4. The summed E-state index contributed by atoms with van der Waals surface area (Å²) in [6.07, 6.45) is 4.29. The van der Waals surface area contributed by atoms with Crippen molar-refractivity contribution in [2.75, 3.05) is 57.7 Å². The number of likely N-dealkylation sites (tertiary alicyclic amines) is 1. The van der Waals surface area contributed by atoms with Gasteiger partial charge in [0.25, 0.3) is 0 Å². The van der Waals surface area contributed by atoms with Crippen molar-refractivity contribution in [1.29, 1.82) is 0 Å². The molecule has 1 fully saturated rings. The largest absolute Gasteiger partial charge is 0.497 e. The van der Waals surface area contributed by atoms with Crippen molar-refractivity contribution in [2.45, 2.75) is 39.5 Å². The molecule has 10 heteroatoms. The standard InChI is InChI=1S/C36H43N5O5/c1-25-11-9-12-30(26(25)2)31-24-34(46-36(42)40(3)32-23-29(43-4)17-18-33(32)44-5)39-35(38-31)37-27-13-15-28(16-14-27)45-22-10-21-41-19-7-6-8-20-41/h9,11-18,23-24H,6-8,10,19-22H2,1-5H3,(H,37,38,39). The maximum Gasteiger partial charge on any atom is 0.420 e. The van der Waals surface area contributed by atoms with Gasteiger partial charge in [0.2, 0.25) is 11.8 Å². The highest BCUT2D eigenvalue weighted by Gasteiger charge is 2.21. The van der Waals surface area contributed by atoms with Gasteiger partial charge in [-0.15, -0.1) is 0 Å². The van der Waals surface area contributed by atoms with Crippen LogP contribution in [0.15, 0.2) is 66.7 Å². The van der Waals surface area contributed by atoms with Crippen LogP contribution in [0.2, 0.25) is 0 Å². The average Bonchev–Trinajstić information content (AvgIpc) is 3.08. The Balaban J connectivity index is 1.32. The fraction of sp³-hybridized carbons (Fsp3) is 0.361. The van der Waals surface area contributed by atoms with Crippen LogP contribution in [0.1, 0.15) is 36.8 Å². The van der Waals surface area contributed by atoms with E-state index in [1.54, 1.807) is 45.5 Å². The van der Waals surface area contributed by atoms with Crippen LogP contribution in [0.25, 0.3) is 11.3 Å². The topological polar surface area (TPSA) is 98.3 Å². The molecule has 1 N–H and O–H groups in total. The molecule has 1 amide bonds. The summed E-state index contributed by atoms with van der Waals surface area (Å²) in [4.78, 5) is 26.6. The van der Waals surface area contributed by atoms with Crippen LogP contribution in [0, 0.1) is 13.8 Å². The molecule has 0 radical (unpaired) electrons. The Kier molecular flexibility index (Phi) is 10.9. The number of amides is 1. The highest BCUT2D eigenvalue weighted by molar-refractivity contribution is 5.90. The summed E-state index contributed by atoms with van der Waals surface area (Å²) in [6.45, 7) is 8.23. The Morgan fingerprint density at radius 3 is 2.41 bits per heavy atom. The molecule has 0 bridgehead atoms. The molecule has 4 aromatic rings. The number of hydrogen-bond acceptors (Lipinski definition) is 9. The molecular weight excluding hydrogens is 582 g/mol. The molecule has 46 heavy (non-hydrogen) atoms. The number of nitrogens with zero attached hydrogens (tertiary/aromatic N) is 4. The summed E-state index contributed by atoms with van der Waals surface area (Å²) in [5.41, 5.74) is 5.00. The van der Waals surface area contributed by atoms with Gasteiger partial charge in [0.05, 0.1) is 32.2 Å². The average molecular weight is 626 g/mol. The molecular formula is C36H43N5O5. The number of rotatable bonds is 12. The van der Waals surface area contributed by atoms with Gasteiger partial charge in [-0.1, -0.05) is 24.6 Å². The molecule has 1 aliphatic heterocycles. The van der Waals surface area contributed by atoms with E-state index in [1.807, 2.05) is 56.3 Å². The van der Waals surface area contributed by atoms with E-state index in [1.165, 1.54) is 37.3 Å². The number of benzene rings is 3. The predicted octanol–water partition coefficient (Wildman–Crippen LogP) is 7.41. The van der Waals surface area contributed by atoms with E-state index in [-0.39, 0.29) is 11.8 Å². The van der Waals surface area contributed by atoms with E-state index >= 15 is 0 Å². The van der Waals surface area contributed by atoms with Crippen LogP contribution in [0.5, 0.6) is 23.1 Å². The van der Waals surface area contributed by atoms with E-state index < -0.39 is 6.09 Å². The lowest BCUT2D eigenvalue weighted by Crippen LogP contribution is -2.31. The van der Waals surface area contributed by atoms with Gasteiger partial charge in [0.15, 0.2) is 0 Å². The summed E-state index contributed by atoms with van der Waals surface area (Å²) >= 11 is 0. The van der Waals surface area contributed by atoms with Crippen molar-refractivity contribution >= 4 is 23.4 Å². The lowest BCUT2D eigenvalue weighted by atomic mass is 10.0. The first-order chi connectivity index (χ1) is 22.3. The number of hydrogen-bond donors (Lipinski definition) is 1. The zero-order chi connectivity index (χ0) is 32.5. The third kappa shape index (κ3) is 8.25. The first-order valence-corrected chi connectivity index (χ1v) is 15.7. The van der Waals surface area contributed by atoms with Gasteiger partial charge in [-0.3, -0.25) is 4.90 Å². The Morgan fingerprint density at radius 2 is 1.67 bits per heavy atom. The van der Waals surface area contributed by atoms with Crippen LogP contribution in [-0.4, -0.2) is 68.5 Å². The van der Waals surface area contributed by atoms with Crippen molar-refractivity contribution < 1.29 is 23.7 Å². The van der Waals surface area contributed by atoms with E-state index in [2.05, 4.69) is 15.2 Å². The van der Waals surface area contributed by atoms with Gasteiger partial charge in [-0.25, -0.2) is 9.78 Å². The highest BCUT2D eigenvalue weighted by atomic mass is 16.6. The number of aromatic nitrogens is 2. The number of aryl methyl sites for hydroxylation is 1. The van der Waals surface area contributed by atoms with Crippen molar-refractivity contribution in [3.8, 4) is 34.4 Å². The number of methoxy groups -OCH3 is 2. The molecule has 0 unspecified atom stereocenters. The molecule has 5 rings (SSSR count). The Hall–Kier alpha value is -4.83. The quantitative estimate of drug-likeness (QED) is 0.161. The molecule has 1 aliphatic rings. The number of carbonyl (C=O) groups excluding carboxylic acids is 1. The van der Waals surface area contributed by atoms with Gasteiger partial charge in [-0.2, -0.15) is 4.98 Å². The summed E-state index contributed by atoms with van der Waals surface area (Å²) in [5.74, 6) is 2.27. The molecule has 2 heterocycles. The number of ether oxygens (including phenoxy) is 4. The number of carbonyl (C=O) groups is 1. The zero-order valence-electron chi connectivity index (χ0n) is 27.3. The minimum absolute atomic E-state index is 0.0979. The summed E-state index contributed by atoms with van der Waals surface area (Å²) in [6, 6.07) is 20.6. The van der Waals surface area contributed by atoms with Crippen molar-refractivity contribution in [3.05, 3.63) is 77.9 Å². The number of piperidine rings is 1. The Bertz CT molecular complexity index is 1620. The molecule has 10 nitrogen and oxygen atoms in total. The molecule has 0 saturated carbocycles. The fourth-order valence-corrected chi connectivity index (χ4v) is 5.44. The van der Waals surface area contributed by atoms with Crippen LogP contribution in [0.4, 0.5) is 22.1 Å². The second-order valence-electron chi connectivity index (χ2n) is 11.4. The minimum Gasteiger partial charge on any atom is -0.497 e. The maximum atomic E-state index is 13.4. The van der Waals surface area contributed by atoms with Gasteiger partial charge < -0.3 is 29.2 Å². The third-order valence-corrected chi connectivity index (χ3v) is 8.24. The molecule has 0 spiro atoms. The summed E-state index contributed by atoms with van der Waals surface area (Å²) in [5, 5.41) is 3.27. The normalized spacial score (nSPS) is 13.2. The molecule has 3 aromatic carbocycles. The van der Waals surface area contributed by atoms with Crippen molar-refractivity contribution in [1.82, 2.24) is 14.9 Å². The molecule has 0 aliphatic carbocycles. The van der Waals surface area contributed by atoms with Crippen LogP contribution in [-0.2, 0) is 0 Å². The lowest BCUT2D eigenvalue weighted by Gasteiger charge is -2.26. The first-order valence-electron chi connectivity index (χ1n) is 15.7. The Labute approximate surface area is 271 Å². The third-order valence-electron chi connectivity index (χ3n) is 8.24. The van der Waals surface area contributed by atoms with E-state index in [9.17, 15) is 4.79 Å². The number of nitrogens with one attached hydrogen (secondary N) is 1. The molecule has 1 saturated heterocycles. The highest BCUT2D eigenvalue weighted by Crippen LogP contribution is 2.33. The number of anilines is 3. The maximum absolute atomic E-state index is 13.4. The van der Waals surface area contributed by atoms with E-state index in [0.29, 0.717) is 29.5 Å². The van der Waals surface area contributed by atoms with Crippen LogP contribution in [0.3, 0.4) is 0 Å². The molecule has 0 atom stereocenters. The van der Waals surface area contributed by atoms with E-state index in [4.69, 9.17) is 23.9 Å². The lowest BCUT2D eigenvalue weighted by molar-refractivity contribution is 0.205. The second kappa shape index (κ2) is 15.4. The predicted molar refractivity (Wildman–Crippen MR) is 181 cm³/mol. The van der Waals surface area contributed by atoms with Gasteiger partial charge >= 0.3 is 6.09 Å². The Morgan fingerprint density at radius 1 is 0.913 bits per heavy atom. The monoisotopic (exact) mass is 625 g/mol.